The van der Waals surface area contributed by atoms with Crippen LogP contribution in [0, 0.1) is 0 Å². The van der Waals surface area contributed by atoms with Crippen LogP contribution in [0.3, 0.4) is 0 Å². The molecule has 0 saturated carbocycles. The predicted octanol–water partition coefficient (Wildman–Crippen LogP) is 3.03. The zero-order valence-electron chi connectivity index (χ0n) is 11.9. The number of aromatic amines is 1. The molecule has 0 saturated heterocycles. The lowest BCUT2D eigenvalue weighted by atomic mass is 10.1. The van der Waals surface area contributed by atoms with Crippen molar-refractivity contribution in [2.24, 2.45) is 7.05 Å². The number of carbonyl (C=O) groups excluding carboxylic acids is 1. The van der Waals surface area contributed by atoms with Crippen LogP contribution >= 0.6 is 34.8 Å². The Morgan fingerprint density at radius 3 is 2.41 bits per heavy atom. The zero-order chi connectivity index (χ0) is 16.4. The molecule has 0 bridgehead atoms. The quantitative estimate of drug-likeness (QED) is 0.878. The molecule has 2 rings (SSSR count). The molecule has 5 nitrogen and oxygen atoms in total. The fraction of sp³-hybridized carbons (Fsp3) is 0.286. The van der Waals surface area contributed by atoms with Crippen LogP contribution in [-0.2, 0) is 13.5 Å². The van der Waals surface area contributed by atoms with Crippen molar-refractivity contribution in [1.82, 2.24) is 15.1 Å². The Morgan fingerprint density at radius 1 is 1.32 bits per heavy atom. The third kappa shape index (κ3) is 3.85. The first kappa shape index (κ1) is 16.9. The Balaban J connectivity index is 2.11. The van der Waals surface area contributed by atoms with Crippen molar-refractivity contribution in [2.45, 2.75) is 19.4 Å². The van der Waals surface area contributed by atoms with Crippen molar-refractivity contribution in [3.63, 3.8) is 0 Å². The zero-order valence-corrected chi connectivity index (χ0v) is 14.2. The van der Waals surface area contributed by atoms with E-state index in [-0.39, 0.29) is 11.6 Å². The van der Waals surface area contributed by atoms with E-state index in [1.165, 1.54) is 10.9 Å². The molecule has 2 N–H and O–H groups in total. The summed E-state index contributed by atoms with van der Waals surface area (Å²) < 4.78 is 1.43. The lowest BCUT2D eigenvalue weighted by molar-refractivity contribution is 0.0939. The highest BCUT2D eigenvalue weighted by atomic mass is 35.5. The van der Waals surface area contributed by atoms with E-state index < -0.39 is 11.5 Å². The average molecular weight is 363 g/mol. The summed E-state index contributed by atoms with van der Waals surface area (Å²) in [6, 6.07) is 2.94. The molecule has 2 aromatic rings. The minimum atomic E-state index is -0.449. The number of nitrogens with one attached hydrogen (secondary N) is 2. The number of halogens is 3. The molecule has 118 valence electrons. The van der Waals surface area contributed by atoms with Crippen LogP contribution < -0.4 is 10.9 Å². The van der Waals surface area contributed by atoms with Gasteiger partial charge in [0.2, 0.25) is 0 Å². The van der Waals surface area contributed by atoms with Gasteiger partial charge in [-0.25, -0.2) is 0 Å². The maximum Gasteiger partial charge on any atom is 0.276 e. The number of hydrogen-bond donors (Lipinski definition) is 2. The number of amides is 1. The van der Waals surface area contributed by atoms with Crippen LogP contribution in [0.4, 0.5) is 0 Å². The normalized spacial score (nSPS) is 12.2. The summed E-state index contributed by atoms with van der Waals surface area (Å²) >= 11 is 18.1. The monoisotopic (exact) mass is 361 g/mol. The Kier molecular flexibility index (Phi) is 5.21. The maximum atomic E-state index is 12.1. The van der Waals surface area contributed by atoms with E-state index in [0.29, 0.717) is 27.1 Å². The van der Waals surface area contributed by atoms with Gasteiger partial charge in [0, 0.05) is 34.4 Å². The van der Waals surface area contributed by atoms with Gasteiger partial charge in [-0.1, -0.05) is 34.8 Å². The van der Waals surface area contributed by atoms with Crippen LogP contribution in [0.1, 0.15) is 22.8 Å². The minimum Gasteiger partial charge on any atom is -0.349 e. The van der Waals surface area contributed by atoms with Gasteiger partial charge in [-0.2, -0.15) is 0 Å². The number of nitrogens with zero attached hydrogens (tertiary/aromatic N) is 1. The Morgan fingerprint density at radius 2 is 1.91 bits per heavy atom. The Hall–Kier alpha value is -1.43. The summed E-state index contributed by atoms with van der Waals surface area (Å²) in [6.45, 7) is 1.80. The van der Waals surface area contributed by atoms with Crippen LogP contribution in [0.2, 0.25) is 15.1 Å². The largest absolute Gasteiger partial charge is 0.349 e. The molecule has 1 unspecified atom stereocenters. The van der Waals surface area contributed by atoms with E-state index in [0.717, 1.165) is 0 Å². The van der Waals surface area contributed by atoms with Crippen LogP contribution in [-0.4, -0.2) is 21.7 Å². The highest BCUT2D eigenvalue weighted by Gasteiger charge is 2.17. The van der Waals surface area contributed by atoms with E-state index in [1.54, 1.807) is 26.1 Å². The summed E-state index contributed by atoms with van der Waals surface area (Å²) in [7, 11) is 1.63. The first-order valence-electron chi connectivity index (χ1n) is 6.48. The SMILES string of the molecule is CC(Cc1c(Cl)cc(Cl)cc1Cl)NC(=O)c1cn(C)[nH]c1=O. The van der Waals surface area contributed by atoms with Crippen molar-refractivity contribution in [3.05, 3.63) is 54.9 Å². The molecule has 0 spiro atoms. The van der Waals surface area contributed by atoms with Gasteiger partial charge in [0.05, 0.1) is 0 Å². The van der Waals surface area contributed by atoms with E-state index >= 15 is 0 Å². The minimum absolute atomic E-state index is 0.0580. The summed E-state index contributed by atoms with van der Waals surface area (Å²) in [6.07, 6.45) is 1.86. The van der Waals surface area contributed by atoms with Gasteiger partial charge in [0.25, 0.3) is 11.5 Å². The molecule has 22 heavy (non-hydrogen) atoms. The first-order valence-corrected chi connectivity index (χ1v) is 7.61. The highest BCUT2D eigenvalue weighted by molar-refractivity contribution is 6.39. The molecule has 0 radical (unpaired) electrons. The van der Waals surface area contributed by atoms with E-state index in [4.69, 9.17) is 34.8 Å². The first-order chi connectivity index (χ1) is 10.3. The number of aryl methyl sites for hydroxylation is 1. The molecule has 0 aliphatic heterocycles. The third-order valence-corrected chi connectivity index (χ3v) is 3.98. The van der Waals surface area contributed by atoms with E-state index in [9.17, 15) is 9.59 Å². The van der Waals surface area contributed by atoms with Gasteiger partial charge in [0.1, 0.15) is 5.56 Å². The molecule has 1 aromatic carbocycles. The van der Waals surface area contributed by atoms with Crippen molar-refractivity contribution in [1.29, 1.82) is 0 Å². The van der Waals surface area contributed by atoms with Crippen molar-refractivity contribution in [2.75, 3.05) is 0 Å². The van der Waals surface area contributed by atoms with E-state index in [2.05, 4.69) is 10.4 Å². The number of hydrogen-bond acceptors (Lipinski definition) is 2. The van der Waals surface area contributed by atoms with E-state index in [1.807, 2.05) is 0 Å². The molecule has 8 heteroatoms. The second kappa shape index (κ2) is 6.77. The predicted molar refractivity (Wildman–Crippen MR) is 88.1 cm³/mol. The summed E-state index contributed by atoms with van der Waals surface area (Å²) in [4.78, 5) is 23.6. The van der Waals surface area contributed by atoms with Crippen molar-refractivity contribution >= 4 is 40.7 Å². The Bertz CT molecular complexity index is 744. The second-order valence-electron chi connectivity index (χ2n) is 5.02. The fourth-order valence-corrected chi connectivity index (χ4v) is 3.06. The number of rotatable bonds is 4. The standard InChI is InChI=1S/C14H14Cl3N3O2/c1-7(3-9-11(16)4-8(15)5-12(9)17)18-13(21)10-6-20(2)19-14(10)22/h4-7H,3H2,1-2H3,(H,18,21)(H,19,22). The fourth-order valence-electron chi connectivity index (χ4n) is 2.09. The third-order valence-electron chi connectivity index (χ3n) is 3.08. The second-order valence-corrected chi connectivity index (χ2v) is 6.27. The molecular formula is C14H14Cl3N3O2. The topological polar surface area (TPSA) is 66.9 Å². The molecule has 0 aliphatic rings. The lowest BCUT2D eigenvalue weighted by Crippen LogP contribution is -2.36. The molecule has 1 aromatic heterocycles. The van der Waals surface area contributed by atoms with Crippen molar-refractivity contribution < 1.29 is 4.79 Å². The number of carbonyl (C=O) groups is 1. The van der Waals surface area contributed by atoms with Gasteiger partial charge in [-0.05, 0) is 31.0 Å². The average Bonchev–Trinajstić information content (AvgIpc) is 2.73. The molecule has 1 amide bonds. The van der Waals surface area contributed by atoms with Gasteiger partial charge in [-0.15, -0.1) is 0 Å². The lowest BCUT2D eigenvalue weighted by Gasteiger charge is -2.15. The van der Waals surface area contributed by atoms with Gasteiger partial charge in [0.15, 0.2) is 0 Å². The Labute approximate surface area is 142 Å². The molecule has 1 atom stereocenters. The summed E-state index contributed by atoms with van der Waals surface area (Å²) in [5.41, 5.74) is 0.319. The van der Waals surface area contributed by atoms with Crippen LogP contribution in [0.5, 0.6) is 0 Å². The highest BCUT2D eigenvalue weighted by Crippen LogP contribution is 2.29. The molecule has 0 fully saturated rings. The number of H-pyrrole nitrogens is 1. The maximum absolute atomic E-state index is 12.1. The molecule has 1 heterocycles. The molecule has 0 aliphatic carbocycles. The van der Waals surface area contributed by atoms with Gasteiger partial charge in [-0.3, -0.25) is 19.4 Å². The summed E-state index contributed by atoms with van der Waals surface area (Å²) in [5, 5.41) is 6.56. The summed E-state index contributed by atoms with van der Waals surface area (Å²) in [5.74, 6) is -0.449. The smallest absolute Gasteiger partial charge is 0.276 e. The van der Waals surface area contributed by atoms with Gasteiger partial charge < -0.3 is 5.32 Å². The van der Waals surface area contributed by atoms with Crippen LogP contribution in [0.15, 0.2) is 23.1 Å². The number of aromatic nitrogens is 2. The number of benzene rings is 1. The molecular weight excluding hydrogens is 349 g/mol. The van der Waals surface area contributed by atoms with Crippen molar-refractivity contribution in [3.8, 4) is 0 Å². The van der Waals surface area contributed by atoms with Gasteiger partial charge >= 0.3 is 0 Å². The van der Waals surface area contributed by atoms with Crippen LogP contribution in [0.25, 0.3) is 0 Å².